The third-order valence-corrected chi connectivity index (χ3v) is 1.88. The average molecular weight is 212 g/mol. The molecule has 0 spiro atoms. The zero-order chi connectivity index (χ0) is 11.1. The van der Waals surface area contributed by atoms with Crippen molar-refractivity contribution in [1.29, 1.82) is 0 Å². The van der Waals surface area contributed by atoms with Crippen molar-refractivity contribution in [2.24, 2.45) is 0 Å². The number of carbonyl (C=O) groups is 2. The van der Waals surface area contributed by atoms with E-state index in [1.54, 1.807) is 6.33 Å². The summed E-state index contributed by atoms with van der Waals surface area (Å²) in [5, 5.41) is 11.0. The van der Waals surface area contributed by atoms with Crippen molar-refractivity contribution in [3.8, 4) is 0 Å². The molecular weight excluding hydrogens is 198 g/mol. The minimum absolute atomic E-state index is 0.0339. The Balaban J connectivity index is 2.09. The Hall–Kier alpha value is -1.85. The van der Waals surface area contributed by atoms with Gasteiger partial charge < -0.3 is 10.4 Å². The van der Waals surface area contributed by atoms with Gasteiger partial charge in [0.1, 0.15) is 11.9 Å². The van der Waals surface area contributed by atoms with Crippen LogP contribution in [-0.4, -0.2) is 28.5 Å². The number of carboxylic acids is 1. The van der Waals surface area contributed by atoms with Crippen LogP contribution in [0.5, 0.6) is 0 Å². The zero-order valence-corrected chi connectivity index (χ0v) is 8.25. The van der Waals surface area contributed by atoms with Crippen LogP contribution in [0.15, 0.2) is 12.5 Å². The second-order valence-electron chi connectivity index (χ2n) is 3.12. The molecule has 4 N–H and O–H groups in total. The summed E-state index contributed by atoms with van der Waals surface area (Å²) in [4.78, 5) is 27.1. The molecule has 0 aliphatic heterocycles. The van der Waals surface area contributed by atoms with Crippen LogP contribution in [0.1, 0.15) is 18.5 Å². The van der Waals surface area contributed by atoms with Gasteiger partial charge >= 0.3 is 5.97 Å². The molecule has 0 aliphatic rings. The number of hydrogen-bond acceptors (Lipinski definition) is 2. The van der Waals surface area contributed by atoms with Crippen molar-refractivity contribution in [1.82, 2.24) is 10.3 Å². The minimum atomic E-state index is -0.955. The van der Waals surface area contributed by atoms with Gasteiger partial charge in [-0.1, -0.05) is 0 Å². The number of carbonyl (C=O) groups excluding carboxylic acids is 1. The van der Waals surface area contributed by atoms with Crippen LogP contribution < -0.4 is 10.3 Å². The maximum atomic E-state index is 11.1. The molecule has 0 atom stereocenters. The molecule has 1 rings (SSSR count). The summed E-state index contributed by atoms with van der Waals surface area (Å²) in [5.74, 6) is -1.18. The highest BCUT2D eigenvalue weighted by Crippen LogP contribution is 1.90. The molecule has 1 amide bonds. The molecular formula is C9H14N3O3+. The van der Waals surface area contributed by atoms with Crippen molar-refractivity contribution in [3.05, 3.63) is 18.2 Å². The number of carboxylic acid groups (broad SMARTS) is 1. The predicted octanol–water partition coefficient (Wildman–Crippen LogP) is -0.648. The fraction of sp³-hybridized carbons (Fsp3) is 0.444. The van der Waals surface area contributed by atoms with Gasteiger partial charge in [-0.05, 0) is 0 Å². The Kier molecular flexibility index (Phi) is 4.33. The summed E-state index contributed by atoms with van der Waals surface area (Å²) >= 11 is 0. The third-order valence-electron chi connectivity index (χ3n) is 1.88. The molecule has 0 unspecified atom stereocenters. The Morgan fingerprint density at radius 2 is 2.27 bits per heavy atom. The van der Waals surface area contributed by atoms with Crippen LogP contribution in [-0.2, 0) is 16.0 Å². The highest BCUT2D eigenvalue weighted by molar-refractivity contribution is 5.80. The quantitative estimate of drug-likeness (QED) is 0.584. The molecule has 6 heteroatoms. The molecule has 0 aliphatic carbocycles. The van der Waals surface area contributed by atoms with Gasteiger partial charge in [-0.2, -0.15) is 0 Å². The van der Waals surface area contributed by atoms with Crippen molar-refractivity contribution in [3.63, 3.8) is 0 Å². The lowest BCUT2D eigenvalue weighted by Gasteiger charge is -2.01. The molecule has 0 fully saturated rings. The van der Waals surface area contributed by atoms with Gasteiger partial charge in [0.2, 0.25) is 12.2 Å². The number of nitrogens with one attached hydrogen (secondary N) is 3. The number of aliphatic carboxylic acids is 1. The van der Waals surface area contributed by atoms with Gasteiger partial charge in [-0.15, -0.1) is 0 Å². The number of imidazole rings is 1. The Bertz CT molecular complexity index is 321. The lowest BCUT2D eigenvalue weighted by Crippen LogP contribution is -2.26. The largest absolute Gasteiger partial charge is 0.481 e. The number of amides is 1. The molecule has 15 heavy (non-hydrogen) atoms. The molecule has 0 saturated heterocycles. The lowest BCUT2D eigenvalue weighted by molar-refractivity contribution is -0.376. The highest BCUT2D eigenvalue weighted by Gasteiger charge is 2.05. The Morgan fingerprint density at radius 1 is 1.47 bits per heavy atom. The number of H-pyrrole nitrogens is 2. The lowest BCUT2D eigenvalue weighted by atomic mass is 10.3. The van der Waals surface area contributed by atoms with E-state index in [2.05, 4.69) is 15.3 Å². The van der Waals surface area contributed by atoms with E-state index in [4.69, 9.17) is 5.11 Å². The first-order valence-corrected chi connectivity index (χ1v) is 4.70. The van der Waals surface area contributed by atoms with Crippen LogP contribution in [0.2, 0.25) is 0 Å². The maximum absolute atomic E-state index is 11.1. The smallest absolute Gasteiger partial charge is 0.303 e. The summed E-state index contributed by atoms with van der Waals surface area (Å²) in [6.07, 6.45) is 4.11. The number of rotatable bonds is 6. The average Bonchev–Trinajstić information content (AvgIpc) is 2.67. The van der Waals surface area contributed by atoms with Gasteiger partial charge in [-0.3, -0.25) is 14.6 Å². The van der Waals surface area contributed by atoms with Crippen LogP contribution in [0.3, 0.4) is 0 Å². The van der Waals surface area contributed by atoms with E-state index in [0.29, 0.717) is 13.0 Å². The van der Waals surface area contributed by atoms with Crippen LogP contribution in [0.4, 0.5) is 0 Å². The molecule has 0 aromatic carbocycles. The van der Waals surface area contributed by atoms with E-state index in [9.17, 15) is 9.59 Å². The number of aromatic amines is 2. The molecule has 0 bridgehead atoms. The minimum Gasteiger partial charge on any atom is -0.481 e. The normalized spacial score (nSPS) is 9.87. The third kappa shape index (κ3) is 4.80. The van der Waals surface area contributed by atoms with Gasteiger partial charge in [-0.25, -0.2) is 4.98 Å². The van der Waals surface area contributed by atoms with Crippen LogP contribution in [0, 0.1) is 0 Å². The maximum Gasteiger partial charge on any atom is 0.303 e. The summed E-state index contributed by atoms with van der Waals surface area (Å²) in [5.41, 5.74) is 0.994. The first kappa shape index (κ1) is 11.2. The summed E-state index contributed by atoms with van der Waals surface area (Å²) in [6, 6.07) is 0. The van der Waals surface area contributed by atoms with Crippen molar-refractivity contribution < 1.29 is 19.7 Å². The van der Waals surface area contributed by atoms with Gasteiger partial charge in [0.25, 0.3) is 0 Å². The topological polar surface area (TPSA) is 96.3 Å². The van der Waals surface area contributed by atoms with Crippen molar-refractivity contribution >= 4 is 11.9 Å². The second-order valence-corrected chi connectivity index (χ2v) is 3.12. The van der Waals surface area contributed by atoms with E-state index in [-0.39, 0.29) is 18.7 Å². The molecule has 82 valence electrons. The van der Waals surface area contributed by atoms with Gasteiger partial charge in [0.05, 0.1) is 6.42 Å². The molecule has 1 heterocycles. The van der Waals surface area contributed by atoms with Crippen molar-refractivity contribution in [2.75, 3.05) is 6.54 Å². The van der Waals surface area contributed by atoms with Gasteiger partial charge in [0, 0.05) is 19.4 Å². The van der Waals surface area contributed by atoms with E-state index in [1.165, 1.54) is 0 Å². The second kappa shape index (κ2) is 5.79. The van der Waals surface area contributed by atoms with Crippen LogP contribution in [0.25, 0.3) is 0 Å². The Labute approximate surface area is 86.7 Å². The SMILES string of the molecule is O=C(O)CCC(=O)NCCc1c[nH+]c[nH]1. The fourth-order valence-electron chi connectivity index (χ4n) is 1.11. The van der Waals surface area contributed by atoms with Crippen molar-refractivity contribution in [2.45, 2.75) is 19.3 Å². The van der Waals surface area contributed by atoms with Gasteiger partial charge in [0.15, 0.2) is 0 Å². The number of aromatic nitrogens is 2. The summed E-state index contributed by atoms with van der Waals surface area (Å²) in [7, 11) is 0. The molecule has 0 radical (unpaired) electrons. The first-order chi connectivity index (χ1) is 7.18. The highest BCUT2D eigenvalue weighted by atomic mass is 16.4. The van der Waals surface area contributed by atoms with E-state index >= 15 is 0 Å². The fourth-order valence-corrected chi connectivity index (χ4v) is 1.11. The molecule has 0 saturated carbocycles. The molecule has 1 aromatic heterocycles. The van der Waals surface area contributed by atoms with E-state index in [1.807, 2.05) is 6.20 Å². The summed E-state index contributed by atoms with van der Waals surface area (Å²) < 4.78 is 0. The standard InChI is InChI=1S/C9H13N3O3/c13-8(1-2-9(14)15)11-4-3-7-5-10-6-12-7/h5-6H,1-4H2,(H,10,12)(H,11,13)(H,14,15)/p+1. The van der Waals surface area contributed by atoms with E-state index < -0.39 is 5.97 Å². The summed E-state index contributed by atoms with van der Waals surface area (Å²) in [6.45, 7) is 0.507. The zero-order valence-electron chi connectivity index (χ0n) is 8.25. The van der Waals surface area contributed by atoms with Crippen LogP contribution >= 0.6 is 0 Å². The predicted molar refractivity (Wildman–Crippen MR) is 50.9 cm³/mol. The first-order valence-electron chi connectivity index (χ1n) is 4.70. The number of hydrogen-bond donors (Lipinski definition) is 3. The Morgan fingerprint density at radius 3 is 2.87 bits per heavy atom. The van der Waals surface area contributed by atoms with E-state index in [0.717, 1.165) is 5.69 Å². The monoisotopic (exact) mass is 212 g/mol. The molecule has 1 aromatic rings. The molecule has 6 nitrogen and oxygen atoms in total.